The molecular weight excluding hydrogens is 400 g/mol. The normalized spacial score (nSPS) is 16.2. The van der Waals surface area contributed by atoms with Crippen LogP contribution >= 0.6 is 11.6 Å². The number of aromatic nitrogens is 3. The molecular formula is C19H19ClN4O3S. The Balaban J connectivity index is 1.44. The molecule has 1 aliphatic heterocycles. The SMILES string of the molecule is O=S(=O)(c1ccc(Oc2ccccc2Cl)cc1)N1CCC(n2nccn2)CC1. The first kappa shape index (κ1) is 18.9. The Bertz CT molecular complexity index is 1030. The third kappa shape index (κ3) is 3.89. The summed E-state index contributed by atoms with van der Waals surface area (Å²) in [4.78, 5) is 1.90. The van der Waals surface area contributed by atoms with Crippen molar-refractivity contribution >= 4 is 21.6 Å². The van der Waals surface area contributed by atoms with Gasteiger partial charge in [-0.2, -0.15) is 19.3 Å². The molecule has 28 heavy (non-hydrogen) atoms. The fraction of sp³-hybridized carbons (Fsp3) is 0.263. The zero-order valence-corrected chi connectivity index (χ0v) is 16.6. The molecule has 0 aliphatic carbocycles. The van der Waals surface area contributed by atoms with Gasteiger partial charge in [-0.15, -0.1) is 0 Å². The summed E-state index contributed by atoms with van der Waals surface area (Å²) < 4.78 is 33.1. The molecule has 0 bridgehead atoms. The molecule has 0 spiro atoms. The lowest BCUT2D eigenvalue weighted by Gasteiger charge is -2.30. The Labute approximate surface area is 168 Å². The number of sulfonamides is 1. The van der Waals surface area contributed by atoms with E-state index in [-0.39, 0.29) is 10.9 Å². The lowest BCUT2D eigenvalue weighted by molar-refractivity contribution is 0.245. The van der Waals surface area contributed by atoms with Crippen molar-refractivity contribution in [2.24, 2.45) is 0 Å². The van der Waals surface area contributed by atoms with E-state index in [1.54, 1.807) is 53.6 Å². The minimum atomic E-state index is -3.55. The number of benzene rings is 2. The summed E-state index contributed by atoms with van der Waals surface area (Å²) in [6.45, 7) is 0.874. The van der Waals surface area contributed by atoms with Gasteiger partial charge in [0.15, 0.2) is 0 Å². The van der Waals surface area contributed by atoms with Crippen LogP contribution in [0.25, 0.3) is 0 Å². The van der Waals surface area contributed by atoms with Crippen molar-refractivity contribution in [3.05, 3.63) is 65.9 Å². The average Bonchev–Trinajstić information content (AvgIpc) is 3.25. The Morgan fingerprint density at radius 3 is 2.25 bits per heavy atom. The van der Waals surface area contributed by atoms with Gasteiger partial charge in [0.05, 0.1) is 28.4 Å². The van der Waals surface area contributed by atoms with E-state index in [9.17, 15) is 8.42 Å². The van der Waals surface area contributed by atoms with Gasteiger partial charge in [-0.1, -0.05) is 23.7 Å². The van der Waals surface area contributed by atoms with Crippen molar-refractivity contribution in [3.8, 4) is 11.5 Å². The van der Waals surface area contributed by atoms with Crippen LogP contribution in [0.3, 0.4) is 0 Å². The van der Waals surface area contributed by atoms with Crippen molar-refractivity contribution in [1.82, 2.24) is 19.3 Å². The molecule has 3 aromatic rings. The van der Waals surface area contributed by atoms with Gasteiger partial charge in [0.2, 0.25) is 10.0 Å². The molecule has 9 heteroatoms. The van der Waals surface area contributed by atoms with Crippen molar-refractivity contribution in [1.29, 1.82) is 0 Å². The number of hydrogen-bond donors (Lipinski definition) is 0. The third-order valence-electron chi connectivity index (χ3n) is 4.71. The number of hydrogen-bond acceptors (Lipinski definition) is 5. The van der Waals surface area contributed by atoms with Crippen LogP contribution in [0.1, 0.15) is 18.9 Å². The molecule has 2 heterocycles. The molecule has 2 aromatic carbocycles. The van der Waals surface area contributed by atoms with Crippen molar-refractivity contribution < 1.29 is 13.2 Å². The number of piperidine rings is 1. The highest BCUT2D eigenvalue weighted by Gasteiger charge is 2.30. The molecule has 1 fully saturated rings. The smallest absolute Gasteiger partial charge is 0.243 e. The maximum Gasteiger partial charge on any atom is 0.243 e. The molecule has 0 N–H and O–H groups in total. The molecule has 1 saturated heterocycles. The zero-order valence-electron chi connectivity index (χ0n) is 15.0. The monoisotopic (exact) mass is 418 g/mol. The Kier molecular flexibility index (Phi) is 5.34. The number of rotatable bonds is 5. The van der Waals surface area contributed by atoms with E-state index in [0.29, 0.717) is 42.5 Å². The van der Waals surface area contributed by atoms with Crippen LogP contribution in [0.2, 0.25) is 5.02 Å². The highest BCUT2D eigenvalue weighted by molar-refractivity contribution is 7.89. The summed E-state index contributed by atoms with van der Waals surface area (Å²) in [5, 5.41) is 8.79. The Hall–Kier alpha value is -2.42. The molecule has 0 radical (unpaired) electrons. The first-order valence-corrected chi connectivity index (χ1v) is 10.7. The quantitative estimate of drug-likeness (QED) is 0.630. The Morgan fingerprint density at radius 2 is 1.61 bits per heavy atom. The van der Waals surface area contributed by atoms with E-state index in [0.717, 1.165) is 0 Å². The minimum absolute atomic E-state index is 0.132. The summed E-state index contributed by atoms with van der Waals surface area (Å²) in [5.41, 5.74) is 0. The first-order chi connectivity index (χ1) is 13.5. The van der Waals surface area contributed by atoms with Crippen LogP contribution < -0.4 is 4.74 Å². The van der Waals surface area contributed by atoms with E-state index >= 15 is 0 Å². The number of para-hydroxylation sites is 1. The van der Waals surface area contributed by atoms with E-state index in [1.807, 2.05) is 12.1 Å². The fourth-order valence-corrected chi connectivity index (χ4v) is 4.86. The third-order valence-corrected chi connectivity index (χ3v) is 6.94. The highest BCUT2D eigenvalue weighted by Crippen LogP contribution is 2.30. The largest absolute Gasteiger partial charge is 0.456 e. The fourth-order valence-electron chi connectivity index (χ4n) is 3.21. The zero-order chi connectivity index (χ0) is 19.6. The maximum atomic E-state index is 12.9. The lowest BCUT2D eigenvalue weighted by Crippen LogP contribution is -2.39. The minimum Gasteiger partial charge on any atom is -0.456 e. The summed E-state index contributed by atoms with van der Waals surface area (Å²) in [6.07, 6.45) is 4.63. The van der Waals surface area contributed by atoms with E-state index in [4.69, 9.17) is 16.3 Å². The summed E-state index contributed by atoms with van der Waals surface area (Å²) in [5.74, 6) is 1.05. The second kappa shape index (κ2) is 7.90. The molecule has 1 aromatic heterocycles. The lowest BCUT2D eigenvalue weighted by atomic mass is 10.1. The van der Waals surface area contributed by atoms with Crippen LogP contribution in [-0.4, -0.2) is 40.8 Å². The Morgan fingerprint density at radius 1 is 0.964 bits per heavy atom. The molecule has 146 valence electrons. The van der Waals surface area contributed by atoms with Crippen LogP contribution in [-0.2, 0) is 10.0 Å². The van der Waals surface area contributed by atoms with Crippen LogP contribution in [0, 0.1) is 0 Å². The number of ether oxygens (including phenoxy) is 1. The van der Waals surface area contributed by atoms with Gasteiger partial charge in [0.25, 0.3) is 0 Å². The van der Waals surface area contributed by atoms with Crippen LogP contribution in [0.15, 0.2) is 65.8 Å². The standard InChI is InChI=1S/C19H19ClN4O3S/c20-18-3-1-2-4-19(18)27-16-5-7-17(8-6-16)28(25,26)23-13-9-15(10-14-23)24-21-11-12-22-24/h1-8,11-12,15H,9-10,13-14H2. The molecule has 0 amide bonds. The van der Waals surface area contributed by atoms with Gasteiger partial charge in [0, 0.05) is 13.1 Å². The van der Waals surface area contributed by atoms with Crippen molar-refractivity contribution in [3.63, 3.8) is 0 Å². The van der Waals surface area contributed by atoms with Gasteiger partial charge >= 0.3 is 0 Å². The van der Waals surface area contributed by atoms with Gasteiger partial charge < -0.3 is 4.74 Å². The van der Waals surface area contributed by atoms with Gasteiger partial charge in [0.1, 0.15) is 11.5 Å². The molecule has 7 nitrogen and oxygen atoms in total. The van der Waals surface area contributed by atoms with Gasteiger partial charge in [-0.25, -0.2) is 8.42 Å². The average molecular weight is 419 g/mol. The van der Waals surface area contributed by atoms with Crippen LogP contribution in [0.5, 0.6) is 11.5 Å². The van der Waals surface area contributed by atoms with Crippen molar-refractivity contribution in [2.75, 3.05) is 13.1 Å². The predicted octanol–water partition coefficient (Wildman–Crippen LogP) is 3.75. The number of nitrogens with zero attached hydrogens (tertiary/aromatic N) is 4. The van der Waals surface area contributed by atoms with E-state index in [2.05, 4.69) is 10.2 Å². The highest BCUT2D eigenvalue weighted by atomic mass is 35.5. The summed E-state index contributed by atoms with van der Waals surface area (Å²) in [6, 6.07) is 13.6. The molecule has 0 unspecified atom stereocenters. The molecule has 0 saturated carbocycles. The van der Waals surface area contributed by atoms with Gasteiger partial charge in [-0.3, -0.25) is 0 Å². The molecule has 0 atom stereocenters. The molecule has 4 rings (SSSR count). The molecule has 1 aliphatic rings. The first-order valence-electron chi connectivity index (χ1n) is 8.92. The van der Waals surface area contributed by atoms with Crippen LogP contribution in [0.4, 0.5) is 0 Å². The number of halogens is 1. The topological polar surface area (TPSA) is 77.3 Å². The maximum absolute atomic E-state index is 12.9. The second-order valence-electron chi connectivity index (χ2n) is 6.49. The second-order valence-corrected chi connectivity index (χ2v) is 8.83. The van der Waals surface area contributed by atoms with E-state index < -0.39 is 10.0 Å². The summed E-state index contributed by atoms with van der Waals surface area (Å²) >= 11 is 6.09. The summed E-state index contributed by atoms with van der Waals surface area (Å²) in [7, 11) is -3.55. The van der Waals surface area contributed by atoms with Crippen molar-refractivity contribution in [2.45, 2.75) is 23.8 Å². The van der Waals surface area contributed by atoms with Gasteiger partial charge in [-0.05, 0) is 49.2 Å². The van der Waals surface area contributed by atoms with E-state index in [1.165, 1.54) is 4.31 Å². The predicted molar refractivity (Wildman–Crippen MR) is 105 cm³/mol.